The maximum Gasteiger partial charge on any atom is 0.251 e. The second-order valence-corrected chi connectivity index (χ2v) is 5.07. The third kappa shape index (κ3) is 3.63. The predicted octanol–water partition coefficient (Wildman–Crippen LogP) is 1.49. The summed E-state index contributed by atoms with van der Waals surface area (Å²) >= 11 is 0. The van der Waals surface area contributed by atoms with Crippen LogP contribution in [-0.2, 0) is 0 Å². The largest absolute Gasteiger partial charge is 0.495 e. The minimum Gasteiger partial charge on any atom is -0.495 e. The molecule has 0 saturated heterocycles. The number of ether oxygens (including phenoxy) is 1. The number of hydrogen-bond acceptors (Lipinski definition) is 4. The zero-order chi connectivity index (χ0) is 14.5. The topological polar surface area (TPSA) is 67.6 Å². The van der Waals surface area contributed by atoms with E-state index in [9.17, 15) is 4.79 Å². The highest BCUT2D eigenvalue weighted by Gasteiger charge is 2.27. The number of carbonyl (C=O) groups excluding carboxylic acids is 1. The van der Waals surface area contributed by atoms with E-state index < -0.39 is 0 Å². The summed E-state index contributed by atoms with van der Waals surface area (Å²) in [6, 6.07) is 5.80. The van der Waals surface area contributed by atoms with Crippen molar-refractivity contribution in [2.24, 2.45) is 0 Å². The number of likely N-dealkylation sites (N-methyl/N-ethyl adjacent to an activating group) is 1. The van der Waals surface area contributed by atoms with Crippen LogP contribution in [0, 0.1) is 0 Å². The molecule has 20 heavy (non-hydrogen) atoms. The molecule has 3 N–H and O–H groups in total. The lowest BCUT2D eigenvalue weighted by Gasteiger charge is -2.19. The number of rotatable bonds is 7. The van der Waals surface area contributed by atoms with Crippen molar-refractivity contribution in [1.29, 1.82) is 0 Å². The molecule has 1 aliphatic carbocycles. The quantitative estimate of drug-likeness (QED) is 0.741. The first-order valence-electron chi connectivity index (χ1n) is 7.11. The number of amides is 1. The van der Waals surface area contributed by atoms with Gasteiger partial charge in [-0.15, -0.1) is 0 Å². The van der Waals surface area contributed by atoms with Crippen LogP contribution < -0.4 is 15.8 Å². The first-order valence-corrected chi connectivity index (χ1v) is 7.11. The number of benzene rings is 1. The van der Waals surface area contributed by atoms with Crippen molar-refractivity contribution in [2.75, 3.05) is 32.5 Å². The molecule has 0 aliphatic heterocycles. The zero-order valence-corrected chi connectivity index (χ0v) is 12.2. The van der Waals surface area contributed by atoms with Gasteiger partial charge in [0.15, 0.2) is 0 Å². The van der Waals surface area contributed by atoms with Crippen LogP contribution in [-0.4, -0.2) is 43.6 Å². The lowest BCUT2D eigenvalue weighted by Crippen LogP contribution is -2.36. The van der Waals surface area contributed by atoms with Crippen LogP contribution >= 0.6 is 0 Å². The third-order valence-corrected chi connectivity index (χ3v) is 3.65. The Morgan fingerprint density at radius 1 is 1.50 bits per heavy atom. The summed E-state index contributed by atoms with van der Waals surface area (Å²) in [5.74, 6) is 0.445. The number of hydrogen-bond donors (Lipinski definition) is 2. The van der Waals surface area contributed by atoms with Crippen LogP contribution in [0.15, 0.2) is 18.2 Å². The molecule has 1 aliphatic rings. The van der Waals surface area contributed by atoms with Crippen molar-refractivity contribution >= 4 is 11.6 Å². The Kier molecular flexibility index (Phi) is 4.84. The van der Waals surface area contributed by atoms with Crippen LogP contribution in [0.5, 0.6) is 5.75 Å². The average molecular weight is 277 g/mol. The molecule has 1 saturated carbocycles. The van der Waals surface area contributed by atoms with E-state index in [0.29, 0.717) is 23.5 Å². The summed E-state index contributed by atoms with van der Waals surface area (Å²) in [5.41, 5.74) is 6.85. The lowest BCUT2D eigenvalue weighted by molar-refractivity contribution is 0.0947. The lowest BCUT2D eigenvalue weighted by atomic mass is 10.2. The maximum absolute atomic E-state index is 12.1. The number of nitrogen functional groups attached to an aromatic ring is 1. The van der Waals surface area contributed by atoms with E-state index in [1.165, 1.54) is 12.8 Å². The molecular formula is C15H23N3O2. The summed E-state index contributed by atoms with van der Waals surface area (Å²) in [5, 5.41) is 2.94. The van der Waals surface area contributed by atoms with Gasteiger partial charge in [0, 0.05) is 24.7 Å². The predicted molar refractivity (Wildman–Crippen MR) is 80.0 cm³/mol. The van der Waals surface area contributed by atoms with Crippen molar-refractivity contribution in [3.8, 4) is 5.75 Å². The van der Waals surface area contributed by atoms with E-state index in [0.717, 1.165) is 19.1 Å². The molecule has 1 aromatic rings. The summed E-state index contributed by atoms with van der Waals surface area (Å²) in [6.45, 7) is 4.76. The van der Waals surface area contributed by atoms with Crippen LogP contribution in [0.1, 0.15) is 30.1 Å². The fourth-order valence-electron chi connectivity index (χ4n) is 2.31. The summed E-state index contributed by atoms with van der Waals surface area (Å²) < 4.78 is 5.12. The molecule has 0 radical (unpaired) electrons. The van der Waals surface area contributed by atoms with Crippen LogP contribution in [0.3, 0.4) is 0 Å². The minimum absolute atomic E-state index is 0.0878. The normalized spacial score (nSPS) is 14.3. The van der Waals surface area contributed by atoms with Crippen LogP contribution in [0.4, 0.5) is 5.69 Å². The average Bonchev–Trinajstić information content (AvgIpc) is 3.28. The molecule has 5 nitrogen and oxygen atoms in total. The van der Waals surface area contributed by atoms with Crippen molar-refractivity contribution in [2.45, 2.75) is 25.8 Å². The third-order valence-electron chi connectivity index (χ3n) is 3.65. The zero-order valence-electron chi connectivity index (χ0n) is 12.2. The molecule has 2 rings (SSSR count). The Balaban J connectivity index is 1.85. The summed E-state index contributed by atoms with van der Waals surface area (Å²) in [4.78, 5) is 14.5. The monoisotopic (exact) mass is 277 g/mol. The van der Waals surface area contributed by atoms with Gasteiger partial charge in [0.2, 0.25) is 0 Å². The Labute approximate surface area is 120 Å². The minimum atomic E-state index is -0.0878. The molecule has 1 aromatic carbocycles. The van der Waals surface area contributed by atoms with E-state index in [2.05, 4.69) is 17.1 Å². The van der Waals surface area contributed by atoms with Crippen molar-refractivity contribution in [1.82, 2.24) is 10.2 Å². The standard InChI is InChI=1S/C15H23N3O2/c1-3-18(12-5-6-12)9-8-17-15(19)11-4-7-13(16)14(10-11)20-2/h4,7,10,12H,3,5-6,8-9,16H2,1-2H3,(H,17,19). The molecule has 0 heterocycles. The SMILES string of the molecule is CCN(CCNC(=O)c1ccc(N)c(OC)c1)C1CC1. The van der Waals surface area contributed by atoms with Gasteiger partial charge in [-0.2, -0.15) is 0 Å². The molecular weight excluding hydrogens is 254 g/mol. The van der Waals surface area contributed by atoms with Gasteiger partial charge in [0.05, 0.1) is 12.8 Å². The van der Waals surface area contributed by atoms with Crippen LogP contribution in [0.2, 0.25) is 0 Å². The molecule has 1 amide bonds. The molecule has 1 fully saturated rings. The van der Waals surface area contributed by atoms with Crippen molar-refractivity contribution in [3.05, 3.63) is 23.8 Å². The number of anilines is 1. The smallest absolute Gasteiger partial charge is 0.251 e. The summed E-state index contributed by atoms with van der Waals surface area (Å²) in [7, 11) is 1.54. The summed E-state index contributed by atoms with van der Waals surface area (Å²) in [6.07, 6.45) is 2.58. The van der Waals surface area contributed by atoms with E-state index >= 15 is 0 Å². The molecule has 0 spiro atoms. The van der Waals surface area contributed by atoms with Crippen LogP contribution in [0.25, 0.3) is 0 Å². The highest BCUT2D eigenvalue weighted by Crippen LogP contribution is 2.26. The van der Waals surface area contributed by atoms with Gasteiger partial charge in [-0.1, -0.05) is 6.92 Å². The molecule has 5 heteroatoms. The van der Waals surface area contributed by atoms with E-state index in [4.69, 9.17) is 10.5 Å². The van der Waals surface area contributed by atoms with Gasteiger partial charge in [0.25, 0.3) is 5.91 Å². The Morgan fingerprint density at radius 2 is 2.25 bits per heavy atom. The van der Waals surface area contributed by atoms with E-state index in [1.807, 2.05) is 0 Å². The van der Waals surface area contributed by atoms with Gasteiger partial charge in [-0.05, 0) is 37.6 Å². The number of methoxy groups -OCH3 is 1. The number of nitrogens with one attached hydrogen (secondary N) is 1. The Bertz CT molecular complexity index is 472. The van der Waals surface area contributed by atoms with Gasteiger partial charge < -0.3 is 15.8 Å². The van der Waals surface area contributed by atoms with Gasteiger partial charge >= 0.3 is 0 Å². The maximum atomic E-state index is 12.1. The molecule has 0 bridgehead atoms. The van der Waals surface area contributed by atoms with Crippen molar-refractivity contribution < 1.29 is 9.53 Å². The highest BCUT2D eigenvalue weighted by atomic mass is 16.5. The molecule has 0 unspecified atom stereocenters. The number of nitrogens with zero attached hydrogens (tertiary/aromatic N) is 1. The van der Waals surface area contributed by atoms with Gasteiger partial charge in [-0.3, -0.25) is 9.69 Å². The van der Waals surface area contributed by atoms with E-state index in [1.54, 1.807) is 25.3 Å². The Morgan fingerprint density at radius 3 is 2.85 bits per heavy atom. The number of nitrogens with two attached hydrogens (primary N) is 1. The van der Waals surface area contributed by atoms with Gasteiger partial charge in [0.1, 0.15) is 5.75 Å². The second-order valence-electron chi connectivity index (χ2n) is 5.07. The highest BCUT2D eigenvalue weighted by molar-refractivity contribution is 5.95. The molecule has 0 atom stereocenters. The van der Waals surface area contributed by atoms with Gasteiger partial charge in [-0.25, -0.2) is 0 Å². The molecule has 0 aromatic heterocycles. The second kappa shape index (κ2) is 6.61. The van der Waals surface area contributed by atoms with E-state index in [-0.39, 0.29) is 5.91 Å². The fraction of sp³-hybridized carbons (Fsp3) is 0.533. The first kappa shape index (κ1) is 14.7. The molecule has 110 valence electrons. The first-order chi connectivity index (χ1) is 9.65. The fourth-order valence-corrected chi connectivity index (χ4v) is 2.31. The Hall–Kier alpha value is -1.75. The number of carbonyl (C=O) groups is 1. The van der Waals surface area contributed by atoms with Crippen molar-refractivity contribution in [3.63, 3.8) is 0 Å².